The van der Waals surface area contributed by atoms with Gasteiger partial charge < -0.3 is 9.64 Å². The van der Waals surface area contributed by atoms with Gasteiger partial charge in [-0.25, -0.2) is 9.97 Å². The first-order chi connectivity index (χ1) is 10.7. The van der Waals surface area contributed by atoms with Crippen LogP contribution in [0.25, 0.3) is 0 Å². The molecule has 0 aromatic carbocycles. The first-order valence-corrected chi connectivity index (χ1v) is 8.13. The minimum absolute atomic E-state index is 0.105. The van der Waals surface area contributed by atoms with Crippen molar-refractivity contribution in [3.63, 3.8) is 0 Å². The van der Waals surface area contributed by atoms with Crippen LogP contribution in [-0.4, -0.2) is 64.6 Å². The van der Waals surface area contributed by atoms with E-state index in [1.165, 1.54) is 5.56 Å². The maximum absolute atomic E-state index is 12.6. The van der Waals surface area contributed by atoms with Gasteiger partial charge in [-0.1, -0.05) is 6.92 Å². The molecule has 6 nitrogen and oxygen atoms in total. The number of aromatic nitrogens is 2. The van der Waals surface area contributed by atoms with Crippen LogP contribution in [0.4, 0.5) is 0 Å². The summed E-state index contributed by atoms with van der Waals surface area (Å²) in [5, 5.41) is 0. The van der Waals surface area contributed by atoms with Gasteiger partial charge in [0.15, 0.2) is 0 Å². The highest BCUT2D eigenvalue weighted by Crippen LogP contribution is 2.19. The Morgan fingerprint density at radius 2 is 2.14 bits per heavy atom. The van der Waals surface area contributed by atoms with Crippen molar-refractivity contribution in [3.05, 3.63) is 23.3 Å². The van der Waals surface area contributed by atoms with Gasteiger partial charge in [0.1, 0.15) is 5.82 Å². The maximum Gasteiger partial charge on any atom is 0.239 e. The van der Waals surface area contributed by atoms with E-state index >= 15 is 0 Å². The van der Waals surface area contributed by atoms with Gasteiger partial charge in [-0.05, 0) is 18.9 Å². The summed E-state index contributed by atoms with van der Waals surface area (Å²) in [6, 6.07) is -0.105. The van der Waals surface area contributed by atoms with E-state index in [-0.39, 0.29) is 11.9 Å². The quantitative estimate of drug-likeness (QED) is 0.820. The van der Waals surface area contributed by atoms with E-state index in [9.17, 15) is 4.79 Å². The average Bonchev–Trinajstić information content (AvgIpc) is 2.60. The summed E-state index contributed by atoms with van der Waals surface area (Å²) in [6.07, 6.45) is 3.71. The van der Waals surface area contributed by atoms with Crippen molar-refractivity contribution in [1.82, 2.24) is 19.8 Å². The van der Waals surface area contributed by atoms with E-state index in [0.29, 0.717) is 26.3 Å². The SMILES string of the molecule is CCc1ncc2c(n1)CN([C@@H](C)C(=O)N1CCOCC1)CC2. The predicted octanol–water partition coefficient (Wildman–Crippen LogP) is 0.644. The molecule has 0 unspecified atom stereocenters. The van der Waals surface area contributed by atoms with Crippen molar-refractivity contribution in [2.45, 2.75) is 39.3 Å². The molecule has 1 amide bonds. The Kier molecular flexibility index (Phi) is 4.69. The zero-order valence-electron chi connectivity index (χ0n) is 13.4. The second-order valence-corrected chi connectivity index (χ2v) is 5.95. The van der Waals surface area contributed by atoms with Gasteiger partial charge >= 0.3 is 0 Å². The van der Waals surface area contributed by atoms with Crippen LogP contribution < -0.4 is 0 Å². The minimum Gasteiger partial charge on any atom is -0.378 e. The summed E-state index contributed by atoms with van der Waals surface area (Å²) in [6.45, 7) is 8.40. The molecule has 0 spiro atoms. The maximum atomic E-state index is 12.6. The molecular formula is C16H24N4O2. The Bertz CT molecular complexity index is 543. The molecule has 3 rings (SSSR count). The fraction of sp³-hybridized carbons (Fsp3) is 0.688. The van der Waals surface area contributed by atoms with Crippen molar-refractivity contribution < 1.29 is 9.53 Å². The first-order valence-electron chi connectivity index (χ1n) is 8.13. The molecule has 2 aliphatic heterocycles. The molecule has 1 aromatic heterocycles. The second kappa shape index (κ2) is 6.71. The first kappa shape index (κ1) is 15.4. The highest BCUT2D eigenvalue weighted by molar-refractivity contribution is 5.81. The third-order valence-corrected chi connectivity index (χ3v) is 4.57. The smallest absolute Gasteiger partial charge is 0.239 e. The molecular weight excluding hydrogens is 280 g/mol. The number of morpholine rings is 1. The number of rotatable bonds is 3. The monoisotopic (exact) mass is 304 g/mol. The number of amides is 1. The van der Waals surface area contributed by atoms with Crippen LogP contribution in [0.5, 0.6) is 0 Å². The topological polar surface area (TPSA) is 58.6 Å². The van der Waals surface area contributed by atoms with Crippen LogP contribution in [0.1, 0.15) is 30.9 Å². The molecule has 0 radical (unpaired) electrons. The van der Waals surface area contributed by atoms with Crippen LogP contribution in [0, 0.1) is 0 Å². The molecule has 0 saturated carbocycles. The number of nitrogens with zero attached hydrogens (tertiary/aromatic N) is 4. The summed E-state index contributed by atoms with van der Waals surface area (Å²) in [4.78, 5) is 25.8. The second-order valence-electron chi connectivity index (χ2n) is 5.95. The number of aryl methyl sites for hydroxylation is 1. The van der Waals surface area contributed by atoms with Crippen molar-refractivity contribution in [1.29, 1.82) is 0 Å². The lowest BCUT2D eigenvalue weighted by Crippen LogP contribution is -2.51. The van der Waals surface area contributed by atoms with Crippen molar-refractivity contribution in [2.24, 2.45) is 0 Å². The van der Waals surface area contributed by atoms with Crippen LogP contribution >= 0.6 is 0 Å². The van der Waals surface area contributed by atoms with E-state index in [2.05, 4.69) is 21.8 Å². The number of hydrogen-bond acceptors (Lipinski definition) is 5. The Morgan fingerprint density at radius 3 is 2.86 bits per heavy atom. The van der Waals surface area contributed by atoms with Gasteiger partial charge in [0, 0.05) is 38.8 Å². The number of carbonyl (C=O) groups excluding carboxylic acids is 1. The number of ether oxygens (including phenoxy) is 1. The van der Waals surface area contributed by atoms with Crippen LogP contribution in [-0.2, 0) is 28.9 Å². The normalized spacial score (nSPS) is 20.5. The van der Waals surface area contributed by atoms with Crippen LogP contribution in [0.2, 0.25) is 0 Å². The molecule has 1 saturated heterocycles. The summed E-state index contributed by atoms with van der Waals surface area (Å²) < 4.78 is 5.32. The highest BCUT2D eigenvalue weighted by Gasteiger charge is 2.30. The van der Waals surface area contributed by atoms with E-state index in [1.807, 2.05) is 18.0 Å². The molecule has 6 heteroatoms. The molecule has 0 bridgehead atoms. The standard InChI is InChI=1S/C16H24N4O2/c1-3-15-17-10-13-4-5-20(11-14(13)18-15)12(2)16(21)19-6-8-22-9-7-19/h10,12H,3-9,11H2,1-2H3/t12-/m0/s1. The average molecular weight is 304 g/mol. The van der Waals surface area contributed by atoms with Crippen LogP contribution in [0.3, 0.4) is 0 Å². The zero-order chi connectivity index (χ0) is 15.5. The van der Waals surface area contributed by atoms with E-state index in [0.717, 1.165) is 37.4 Å². The number of carbonyl (C=O) groups is 1. The van der Waals surface area contributed by atoms with Gasteiger partial charge in [-0.3, -0.25) is 9.69 Å². The Balaban J connectivity index is 1.68. The molecule has 120 valence electrons. The van der Waals surface area contributed by atoms with Gasteiger partial charge in [-0.2, -0.15) is 0 Å². The molecule has 2 aliphatic rings. The summed E-state index contributed by atoms with van der Waals surface area (Å²) in [7, 11) is 0. The lowest BCUT2D eigenvalue weighted by atomic mass is 10.0. The van der Waals surface area contributed by atoms with E-state index in [1.54, 1.807) is 0 Å². The molecule has 0 aliphatic carbocycles. The summed E-state index contributed by atoms with van der Waals surface area (Å²) in [5.74, 6) is 1.09. The number of hydrogen-bond donors (Lipinski definition) is 0. The Labute approximate surface area is 131 Å². The van der Waals surface area contributed by atoms with E-state index < -0.39 is 0 Å². The van der Waals surface area contributed by atoms with Crippen molar-refractivity contribution in [3.8, 4) is 0 Å². The fourth-order valence-electron chi connectivity index (χ4n) is 3.07. The van der Waals surface area contributed by atoms with E-state index in [4.69, 9.17) is 4.74 Å². The largest absolute Gasteiger partial charge is 0.378 e. The fourth-order valence-corrected chi connectivity index (χ4v) is 3.07. The Morgan fingerprint density at radius 1 is 1.36 bits per heavy atom. The molecule has 22 heavy (non-hydrogen) atoms. The lowest BCUT2D eigenvalue weighted by molar-refractivity contribution is -0.140. The Hall–Kier alpha value is -1.53. The summed E-state index contributed by atoms with van der Waals surface area (Å²) >= 11 is 0. The van der Waals surface area contributed by atoms with Crippen molar-refractivity contribution in [2.75, 3.05) is 32.8 Å². The van der Waals surface area contributed by atoms with Gasteiger partial charge in [0.25, 0.3) is 0 Å². The molecule has 1 aromatic rings. The highest BCUT2D eigenvalue weighted by atomic mass is 16.5. The molecule has 1 atom stereocenters. The predicted molar refractivity (Wildman–Crippen MR) is 82.4 cm³/mol. The summed E-state index contributed by atoms with van der Waals surface area (Å²) in [5.41, 5.74) is 2.30. The van der Waals surface area contributed by atoms with Gasteiger partial charge in [-0.15, -0.1) is 0 Å². The number of fused-ring (bicyclic) bond motifs is 1. The lowest BCUT2D eigenvalue weighted by Gasteiger charge is -2.36. The van der Waals surface area contributed by atoms with Gasteiger partial charge in [0.2, 0.25) is 5.91 Å². The molecule has 1 fully saturated rings. The zero-order valence-corrected chi connectivity index (χ0v) is 13.4. The third-order valence-electron chi connectivity index (χ3n) is 4.57. The molecule has 0 N–H and O–H groups in total. The van der Waals surface area contributed by atoms with Crippen LogP contribution in [0.15, 0.2) is 6.20 Å². The molecule has 3 heterocycles. The third kappa shape index (κ3) is 3.13. The minimum atomic E-state index is -0.105. The van der Waals surface area contributed by atoms with Crippen molar-refractivity contribution >= 4 is 5.91 Å². The van der Waals surface area contributed by atoms with Gasteiger partial charge in [0.05, 0.1) is 24.9 Å².